The molecule has 2 aromatic heterocycles. The van der Waals surface area contributed by atoms with Crippen molar-refractivity contribution in [1.29, 1.82) is 0 Å². The van der Waals surface area contributed by atoms with Gasteiger partial charge >= 0.3 is 0 Å². The number of furan rings is 1. The molecule has 6 nitrogen and oxygen atoms in total. The van der Waals surface area contributed by atoms with Crippen LogP contribution in [0, 0.1) is 0 Å². The van der Waals surface area contributed by atoms with Crippen LogP contribution in [0.5, 0.6) is 0 Å². The number of nitrogen functional groups attached to an aromatic ring is 1. The fourth-order valence-corrected chi connectivity index (χ4v) is 2.45. The van der Waals surface area contributed by atoms with Gasteiger partial charge in [0.1, 0.15) is 10.7 Å². The standard InChI is InChI=1S/C10H10ClN3O3S/c11-9-3-8(5-13-10(9)12)18(15,16)14-4-7-1-2-17-6-7/h1-3,5-6,14H,4H2,(H2,12,13). The number of hydrogen-bond acceptors (Lipinski definition) is 5. The van der Waals surface area contributed by atoms with Gasteiger partial charge in [0.25, 0.3) is 0 Å². The van der Waals surface area contributed by atoms with Crippen LogP contribution in [-0.2, 0) is 16.6 Å². The van der Waals surface area contributed by atoms with Crippen LogP contribution in [0.4, 0.5) is 5.82 Å². The van der Waals surface area contributed by atoms with Crippen LogP contribution in [0.15, 0.2) is 40.2 Å². The van der Waals surface area contributed by atoms with Gasteiger partial charge in [0.05, 0.1) is 17.5 Å². The minimum atomic E-state index is -3.67. The molecule has 0 amide bonds. The first-order chi connectivity index (χ1) is 8.49. The summed E-state index contributed by atoms with van der Waals surface area (Å²) < 4.78 is 31.1. The molecule has 0 fully saturated rings. The van der Waals surface area contributed by atoms with E-state index in [1.807, 2.05) is 0 Å². The monoisotopic (exact) mass is 287 g/mol. The quantitative estimate of drug-likeness (QED) is 0.885. The summed E-state index contributed by atoms with van der Waals surface area (Å²) in [6.07, 6.45) is 4.07. The lowest BCUT2D eigenvalue weighted by Crippen LogP contribution is -2.23. The molecule has 18 heavy (non-hydrogen) atoms. The highest BCUT2D eigenvalue weighted by Crippen LogP contribution is 2.19. The zero-order valence-corrected chi connectivity index (χ0v) is 10.7. The molecule has 96 valence electrons. The lowest BCUT2D eigenvalue weighted by Gasteiger charge is -2.06. The molecule has 0 aliphatic carbocycles. The molecular formula is C10H10ClN3O3S. The third-order valence-corrected chi connectivity index (χ3v) is 3.87. The number of sulfonamides is 1. The van der Waals surface area contributed by atoms with E-state index in [4.69, 9.17) is 21.8 Å². The summed E-state index contributed by atoms with van der Waals surface area (Å²) >= 11 is 5.72. The molecule has 0 atom stereocenters. The second kappa shape index (κ2) is 4.97. The Hall–Kier alpha value is -1.57. The molecule has 0 aromatic carbocycles. The van der Waals surface area contributed by atoms with Crippen LogP contribution in [0.3, 0.4) is 0 Å². The van der Waals surface area contributed by atoms with E-state index < -0.39 is 10.0 Å². The summed E-state index contributed by atoms with van der Waals surface area (Å²) in [6.45, 7) is 0.126. The van der Waals surface area contributed by atoms with Crippen molar-refractivity contribution in [2.75, 3.05) is 5.73 Å². The van der Waals surface area contributed by atoms with Crippen molar-refractivity contribution >= 4 is 27.4 Å². The average molecular weight is 288 g/mol. The lowest BCUT2D eigenvalue weighted by atomic mass is 10.4. The first kappa shape index (κ1) is 12.9. The van der Waals surface area contributed by atoms with Crippen LogP contribution < -0.4 is 10.5 Å². The van der Waals surface area contributed by atoms with Gasteiger partial charge in [-0.1, -0.05) is 11.6 Å². The number of halogens is 1. The van der Waals surface area contributed by atoms with Gasteiger partial charge in [-0.2, -0.15) is 0 Å². The van der Waals surface area contributed by atoms with Gasteiger partial charge in [-0.05, 0) is 12.1 Å². The average Bonchev–Trinajstić information content (AvgIpc) is 2.83. The molecule has 0 bridgehead atoms. The van der Waals surface area contributed by atoms with Crippen LogP contribution >= 0.6 is 11.6 Å². The fraction of sp³-hybridized carbons (Fsp3) is 0.100. The first-order valence-electron chi connectivity index (χ1n) is 4.91. The van der Waals surface area contributed by atoms with Crippen molar-refractivity contribution in [1.82, 2.24) is 9.71 Å². The molecular weight excluding hydrogens is 278 g/mol. The summed E-state index contributed by atoms with van der Waals surface area (Å²) in [7, 11) is -3.67. The lowest BCUT2D eigenvalue weighted by molar-refractivity contribution is 0.561. The Morgan fingerprint density at radius 2 is 2.28 bits per heavy atom. The van der Waals surface area contributed by atoms with E-state index in [2.05, 4.69) is 9.71 Å². The summed E-state index contributed by atoms with van der Waals surface area (Å²) in [5, 5.41) is 0.0983. The second-order valence-electron chi connectivity index (χ2n) is 3.49. The topological polar surface area (TPSA) is 98.2 Å². The Kier molecular flexibility index (Phi) is 3.55. The molecule has 3 N–H and O–H groups in total. The molecule has 0 saturated carbocycles. The van der Waals surface area contributed by atoms with E-state index in [-0.39, 0.29) is 22.3 Å². The van der Waals surface area contributed by atoms with Crippen LogP contribution in [0.2, 0.25) is 5.02 Å². The van der Waals surface area contributed by atoms with Gasteiger partial charge in [0, 0.05) is 18.3 Å². The van der Waals surface area contributed by atoms with Gasteiger partial charge in [0.2, 0.25) is 10.0 Å². The van der Waals surface area contributed by atoms with E-state index in [1.54, 1.807) is 6.07 Å². The molecule has 0 aliphatic heterocycles. The fourth-order valence-electron chi connectivity index (χ4n) is 1.23. The summed E-state index contributed by atoms with van der Waals surface area (Å²) in [4.78, 5) is 3.66. The number of nitrogens with two attached hydrogens (primary N) is 1. The number of pyridine rings is 1. The molecule has 0 aliphatic rings. The van der Waals surface area contributed by atoms with E-state index in [9.17, 15) is 8.42 Å². The predicted octanol–water partition coefficient (Wildman–Crippen LogP) is 1.39. The van der Waals surface area contributed by atoms with E-state index >= 15 is 0 Å². The van der Waals surface area contributed by atoms with E-state index in [0.717, 1.165) is 6.20 Å². The SMILES string of the molecule is Nc1ncc(S(=O)(=O)NCc2ccoc2)cc1Cl. The largest absolute Gasteiger partial charge is 0.472 e. The summed E-state index contributed by atoms with van der Waals surface area (Å²) in [5.74, 6) is 0.0884. The zero-order chi connectivity index (χ0) is 13.2. The Morgan fingerprint density at radius 1 is 1.50 bits per heavy atom. The number of nitrogens with zero attached hydrogens (tertiary/aromatic N) is 1. The maximum Gasteiger partial charge on any atom is 0.242 e. The van der Waals surface area contributed by atoms with Crippen molar-refractivity contribution in [2.24, 2.45) is 0 Å². The van der Waals surface area contributed by atoms with Gasteiger partial charge < -0.3 is 10.2 Å². The molecule has 0 saturated heterocycles. The Labute approximate surface area is 109 Å². The third-order valence-electron chi connectivity index (χ3n) is 2.20. The smallest absolute Gasteiger partial charge is 0.242 e. The van der Waals surface area contributed by atoms with Crippen LogP contribution in [0.1, 0.15) is 5.56 Å². The maximum absolute atomic E-state index is 11.9. The normalized spacial score (nSPS) is 11.6. The highest BCUT2D eigenvalue weighted by Gasteiger charge is 2.15. The molecule has 2 rings (SSSR count). The maximum atomic E-state index is 11.9. The van der Waals surface area contributed by atoms with Gasteiger partial charge in [0.15, 0.2) is 0 Å². The molecule has 2 aromatic rings. The minimum absolute atomic E-state index is 0.0369. The van der Waals surface area contributed by atoms with E-state index in [1.165, 1.54) is 18.6 Å². The van der Waals surface area contributed by atoms with Crippen molar-refractivity contribution in [3.8, 4) is 0 Å². The summed E-state index contributed by atoms with van der Waals surface area (Å²) in [5.41, 5.74) is 6.13. The molecule has 0 spiro atoms. The predicted molar refractivity (Wildman–Crippen MR) is 66.4 cm³/mol. The van der Waals surface area contributed by atoms with Crippen molar-refractivity contribution in [2.45, 2.75) is 11.4 Å². The number of hydrogen-bond donors (Lipinski definition) is 2. The zero-order valence-electron chi connectivity index (χ0n) is 9.13. The van der Waals surface area contributed by atoms with Crippen molar-refractivity contribution < 1.29 is 12.8 Å². The van der Waals surface area contributed by atoms with Gasteiger partial charge in [-0.15, -0.1) is 0 Å². The van der Waals surface area contributed by atoms with Crippen LogP contribution in [0.25, 0.3) is 0 Å². The number of rotatable bonds is 4. The number of nitrogens with one attached hydrogen (secondary N) is 1. The van der Waals surface area contributed by atoms with Crippen molar-refractivity contribution in [3.05, 3.63) is 41.4 Å². The number of anilines is 1. The molecule has 0 unspecified atom stereocenters. The van der Waals surface area contributed by atoms with Crippen LogP contribution in [-0.4, -0.2) is 13.4 Å². The highest BCUT2D eigenvalue weighted by molar-refractivity contribution is 7.89. The highest BCUT2D eigenvalue weighted by atomic mass is 35.5. The Morgan fingerprint density at radius 3 is 2.89 bits per heavy atom. The van der Waals surface area contributed by atoms with Gasteiger partial charge in [-0.3, -0.25) is 0 Å². The Balaban J connectivity index is 2.17. The second-order valence-corrected chi connectivity index (χ2v) is 5.67. The Bertz CT molecular complexity index is 640. The van der Waals surface area contributed by atoms with Crippen molar-refractivity contribution in [3.63, 3.8) is 0 Å². The van der Waals surface area contributed by atoms with E-state index in [0.29, 0.717) is 5.56 Å². The first-order valence-corrected chi connectivity index (χ1v) is 6.77. The van der Waals surface area contributed by atoms with Gasteiger partial charge in [-0.25, -0.2) is 18.1 Å². The molecule has 8 heteroatoms. The molecule has 2 heterocycles. The molecule has 0 radical (unpaired) electrons. The number of aromatic nitrogens is 1. The third kappa shape index (κ3) is 2.81. The summed E-state index contributed by atoms with van der Waals surface area (Å²) in [6, 6.07) is 2.92. The minimum Gasteiger partial charge on any atom is -0.472 e.